The summed E-state index contributed by atoms with van der Waals surface area (Å²) in [5.74, 6) is 0.660. The third-order valence-electron chi connectivity index (χ3n) is 4.92. The average molecular weight is 330 g/mol. The largest absolute Gasteiger partial charge is 0.393 e. The minimum atomic E-state index is -0.283. The molecule has 1 saturated heterocycles. The van der Waals surface area contributed by atoms with Crippen molar-refractivity contribution >= 4 is 11.6 Å². The normalized spacial score (nSPS) is 23.6. The van der Waals surface area contributed by atoms with E-state index in [9.17, 15) is 5.11 Å². The molecule has 3 atom stereocenters. The zero-order valence-corrected chi connectivity index (χ0v) is 14.3. The molecular weight excluding hydrogens is 306 g/mol. The number of rotatable bonds is 4. The highest BCUT2D eigenvalue weighted by Gasteiger charge is 2.33. The SMILES string of the molecule is CC(O)C1CCN(Cc2ccccc2)C[C@H]1c1ccc(Cl)cc1. The minimum Gasteiger partial charge on any atom is -0.393 e. The van der Waals surface area contributed by atoms with Crippen LogP contribution in [0.3, 0.4) is 0 Å². The standard InChI is InChI=1S/C20H24ClNO/c1-15(23)19-11-12-22(13-16-5-3-2-4-6-16)14-20(19)17-7-9-18(21)10-8-17/h2-10,15,19-20,23H,11-14H2,1H3/t15?,19?,20-/m0/s1. The Balaban J connectivity index is 1.77. The molecule has 0 saturated carbocycles. The van der Waals surface area contributed by atoms with Crippen molar-refractivity contribution in [3.05, 3.63) is 70.7 Å². The highest BCUT2D eigenvalue weighted by atomic mass is 35.5. The number of nitrogens with zero attached hydrogens (tertiary/aromatic N) is 1. The number of halogens is 1. The second-order valence-corrected chi connectivity index (χ2v) is 7.01. The molecule has 1 fully saturated rings. The van der Waals surface area contributed by atoms with Crippen LogP contribution in [0.5, 0.6) is 0 Å². The summed E-state index contributed by atoms with van der Waals surface area (Å²) in [6.45, 7) is 4.90. The van der Waals surface area contributed by atoms with Crippen molar-refractivity contribution in [2.45, 2.75) is 31.9 Å². The van der Waals surface area contributed by atoms with Crippen LogP contribution in [0.1, 0.15) is 30.4 Å². The van der Waals surface area contributed by atoms with Gasteiger partial charge in [0, 0.05) is 24.0 Å². The lowest BCUT2D eigenvalue weighted by atomic mass is 9.78. The fourth-order valence-corrected chi connectivity index (χ4v) is 3.79. The third kappa shape index (κ3) is 4.14. The van der Waals surface area contributed by atoms with Crippen molar-refractivity contribution in [1.29, 1.82) is 0 Å². The molecule has 0 aromatic heterocycles. The Morgan fingerprint density at radius 3 is 2.48 bits per heavy atom. The van der Waals surface area contributed by atoms with Crippen LogP contribution in [0.25, 0.3) is 0 Å². The van der Waals surface area contributed by atoms with E-state index >= 15 is 0 Å². The van der Waals surface area contributed by atoms with E-state index in [1.165, 1.54) is 11.1 Å². The molecule has 3 rings (SSSR count). The van der Waals surface area contributed by atoms with Gasteiger partial charge >= 0.3 is 0 Å². The van der Waals surface area contributed by atoms with Crippen LogP contribution in [0, 0.1) is 5.92 Å². The van der Waals surface area contributed by atoms with E-state index in [1.807, 2.05) is 19.1 Å². The van der Waals surface area contributed by atoms with E-state index in [2.05, 4.69) is 47.4 Å². The van der Waals surface area contributed by atoms with Crippen LogP contribution >= 0.6 is 11.6 Å². The Labute approximate surface area is 143 Å². The lowest BCUT2D eigenvalue weighted by Crippen LogP contribution is -2.42. The summed E-state index contributed by atoms with van der Waals surface area (Å²) < 4.78 is 0. The van der Waals surface area contributed by atoms with E-state index in [0.717, 1.165) is 31.1 Å². The van der Waals surface area contributed by atoms with Gasteiger partial charge in [0.15, 0.2) is 0 Å². The van der Waals surface area contributed by atoms with E-state index in [4.69, 9.17) is 11.6 Å². The highest BCUT2D eigenvalue weighted by Crippen LogP contribution is 2.35. The predicted octanol–water partition coefficient (Wildman–Crippen LogP) is 4.33. The van der Waals surface area contributed by atoms with Crippen molar-refractivity contribution in [2.75, 3.05) is 13.1 Å². The van der Waals surface area contributed by atoms with E-state index < -0.39 is 0 Å². The van der Waals surface area contributed by atoms with Crippen LogP contribution in [0.15, 0.2) is 54.6 Å². The maximum Gasteiger partial charge on any atom is 0.0547 e. The number of piperidine rings is 1. The Bertz CT molecular complexity index is 611. The van der Waals surface area contributed by atoms with Gasteiger partial charge in [0.05, 0.1) is 6.10 Å². The molecule has 0 aliphatic carbocycles. The van der Waals surface area contributed by atoms with Gasteiger partial charge in [-0.15, -0.1) is 0 Å². The van der Waals surface area contributed by atoms with Gasteiger partial charge in [-0.3, -0.25) is 4.90 Å². The molecule has 2 aromatic carbocycles. The summed E-state index contributed by atoms with van der Waals surface area (Å²) in [5.41, 5.74) is 2.62. The quantitative estimate of drug-likeness (QED) is 0.902. The second-order valence-electron chi connectivity index (χ2n) is 6.57. The third-order valence-corrected chi connectivity index (χ3v) is 5.17. The molecule has 1 N–H and O–H groups in total. The second kappa shape index (κ2) is 7.48. The van der Waals surface area contributed by atoms with Gasteiger partial charge in [0.25, 0.3) is 0 Å². The van der Waals surface area contributed by atoms with Crippen LogP contribution in [-0.2, 0) is 6.54 Å². The Hall–Kier alpha value is -1.35. The number of hydrogen-bond acceptors (Lipinski definition) is 2. The maximum absolute atomic E-state index is 10.2. The first-order valence-electron chi connectivity index (χ1n) is 8.33. The number of likely N-dealkylation sites (tertiary alicyclic amines) is 1. The zero-order chi connectivity index (χ0) is 16.2. The van der Waals surface area contributed by atoms with Gasteiger partial charge in [-0.1, -0.05) is 54.1 Å². The molecular formula is C20H24ClNO. The fourth-order valence-electron chi connectivity index (χ4n) is 3.66. The van der Waals surface area contributed by atoms with Crippen molar-refractivity contribution in [2.24, 2.45) is 5.92 Å². The lowest BCUT2D eigenvalue weighted by molar-refractivity contribution is 0.0520. The molecule has 0 amide bonds. The van der Waals surface area contributed by atoms with Gasteiger partial charge in [-0.25, -0.2) is 0 Å². The molecule has 2 nitrogen and oxygen atoms in total. The summed E-state index contributed by atoms with van der Waals surface area (Å²) in [4.78, 5) is 2.49. The van der Waals surface area contributed by atoms with Crippen LogP contribution in [-0.4, -0.2) is 29.2 Å². The molecule has 1 heterocycles. The van der Waals surface area contributed by atoms with Crippen LogP contribution in [0.2, 0.25) is 5.02 Å². The number of benzene rings is 2. The van der Waals surface area contributed by atoms with E-state index in [1.54, 1.807) is 0 Å². The zero-order valence-electron chi connectivity index (χ0n) is 13.5. The molecule has 3 heteroatoms. The molecule has 0 radical (unpaired) electrons. The monoisotopic (exact) mass is 329 g/mol. The van der Waals surface area contributed by atoms with Crippen molar-refractivity contribution < 1.29 is 5.11 Å². The van der Waals surface area contributed by atoms with Crippen molar-refractivity contribution in [3.8, 4) is 0 Å². The first-order chi connectivity index (χ1) is 11.1. The molecule has 122 valence electrons. The molecule has 1 aliphatic heterocycles. The number of aliphatic hydroxyl groups is 1. The number of hydrogen-bond donors (Lipinski definition) is 1. The van der Waals surface area contributed by atoms with Gasteiger partial charge in [-0.2, -0.15) is 0 Å². The summed E-state index contributed by atoms with van der Waals surface area (Å²) in [6, 6.07) is 18.7. The van der Waals surface area contributed by atoms with Crippen molar-refractivity contribution in [3.63, 3.8) is 0 Å². The van der Waals surface area contributed by atoms with Gasteiger partial charge in [0.2, 0.25) is 0 Å². The molecule has 1 aliphatic rings. The average Bonchev–Trinajstić information content (AvgIpc) is 2.56. The van der Waals surface area contributed by atoms with Gasteiger partial charge < -0.3 is 5.11 Å². The number of aliphatic hydroxyl groups excluding tert-OH is 1. The Kier molecular flexibility index (Phi) is 5.37. The predicted molar refractivity (Wildman–Crippen MR) is 95.7 cm³/mol. The van der Waals surface area contributed by atoms with E-state index in [0.29, 0.717) is 11.8 Å². The lowest BCUT2D eigenvalue weighted by Gasteiger charge is -2.40. The molecule has 23 heavy (non-hydrogen) atoms. The summed E-state index contributed by atoms with van der Waals surface area (Å²) >= 11 is 6.03. The van der Waals surface area contributed by atoms with Crippen molar-refractivity contribution in [1.82, 2.24) is 4.90 Å². The summed E-state index contributed by atoms with van der Waals surface area (Å²) in [5, 5.41) is 11.0. The fraction of sp³-hybridized carbons (Fsp3) is 0.400. The summed E-state index contributed by atoms with van der Waals surface area (Å²) in [7, 11) is 0. The Morgan fingerprint density at radius 2 is 1.83 bits per heavy atom. The maximum atomic E-state index is 10.2. The Morgan fingerprint density at radius 1 is 1.13 bits per heavy atom. The first kappa shape index (κ1) is 16.5. The smallest absolute Gasteiger partial charge is 0.0547 e. The molecule has 2 unspecified atom stereocenters. The van der Waals surface area contributed by atoms with Gasteiger partial charge in [0.1, 0.15) is 0 Å². The highest BCUT2D eigenvalue weighted by molar-refractivity contribution is 6.30. The van der Waals surface area contributed by atoms with Gasteiger partial charge in [-0.05, 0) is 49.1 Å². The van der Waals surface area contributed by atoms with Crippen LogP contribution < -0.4 is 0 Å². The minimum absolute atomic E-state index is 0.283. The molecule has 0 spiro atoms. The molecule has 2 aromatic rings. The van der Waals surface area contributed by atoms with E-state index in [-0.39, 0.29) is 6.10 Å². The summed E-state index contributed by atoms with van der Waals surface area (Å²) in [6.07, 6.45) is 0.743. The molecule has 0 bridgehead atoms. The first-order valence-corrected chi connectivity index (χ1v) is 8.71. The van der Waals surface area contributed by atoms with Crippen LogP contribution in [0.4, 0.5) is 0 Å². The topological polar surface area (TPSA) is 23.5 Å².